The Labute approximate surface area is 304 Å². The Morgan fingerprint density at radius 3 is 1.52 bits per heavy atom. The van der Waals surface area contributed by atoms with Gasteiger partial charge in [-0.3, -0.25) is 9.59 Å². The number of ketones is 1. The van der Waals surface area contributed by atoms with Crippen molar-refractivity contribution in [1.29, 1.82) is 0 Å². The molecule has 1 radical (unpaired) electrons. The SMILES string of the molecule is Cn1c(=O)c(C(=O)c2ccc(C(F)(F)F)cc2)c(O)c2ccccc21.O=P(c1ccccc1)(c1ccccc1)c1ccccc1.[Eu]. The van der Waals surface area contributed by atoms with Crippen LogP contribution in [0.5, 0.6) is 5.75 Å². The molecule has 6 aromatic rings. The average Bonchev–Trinajstić information content (AvgIpc) is 3.08. The van der Waals surface area contributed by atoms with Gasteiger partial charge in [0, 0.05) is 83.3 Å². The predicted octanol–water partition coefficient (Wildman–Crippen LogP) is 6.82. The van der Waals surface area contributed by atoms with Crippen molar-refractivity contribution in [3.63, 3.8) is 0 Å². The van der Waals surface area contributed by atoms with Crippen molar-refractivity contribution < 1.29 is 77.0 Å². The molecule has 0 fully saturated rings. The number of rotatable bonds is 5. The van der Waals surface area contributed by atoms with E-state index in [9.17, 15) is 32.4 Å². The van der Waals surface area contributed by atoms with Crippen LogP contribution in [-0.2, 0) is 17.8 Å². The van der Waals surface area contributed by atoms with Gasteiger partial charge in [0.2, 0.25) is 5.78 Å². The second-order valence-corrected chi connectivity index (χ2v) is 12.9. The number of carbonyl (C=O) groups excluding carboxylic acids is 1. The zero-order valence-corrected chi connectivity index (χ0v) is 27.7. The summed E-state index contributed by atoms with van der Waals surface area (Å²) in [6.45, 7) is 0. The fourth-order valence-electron chi connectivity index (χ4n) is 5.00. The fourth-order valence-corrected chi connectivity index (χ4v) is 7.67. The van der Waals surface area contributed by atoms with Gasteiger partial charge in [-0.25, -0.2) is 0 Å². The largest absolute Gasteiger partial charge is 0.506 e. The summed E-state index contributed by atoms with van der Waals surface area (Å²) in [6, 6.07) is 39.1. The van der Waals surface area contributed by atoms with Crippen LogP contribution < -0.4 is 21.5 Å². The summed E-state index contributed by atoms with van der Waals surface area (Å²) >= 11 is 0. The molecule has 0 amide bonds. The second kappa shape index (κ2) is 14.9. The number of halogens is 3. The summed E-state index contributed by atoms with van der Waals surface area (Å²) in [5, 5.41) is 13.3. The molecule has 1 aromatic heterocycles. The maximum Gasteiger partial charge on any atom is 0.416 e. The summed E-state index contributed by atoms with van der Waals surface area (Å²) in [4.78, 5) is 25.0. The maximum atomic E-state index is 13.8. The Balaban J connectivity index is 0.000000209. The van der Waals surface area contributed by atoms with Crippen LogP contribution in [0, 0.1) is 49.4 Å². The molecular formula is C36H27EuF3NO4P. The minimum atomic E-state index is -4.52. The van der Waals surface area contributed by atoms with Crippen molar-refractivity contribution >= 4 is 39.7 Å². The molecule has 0 aliphatic carbocycles. The molecule has 233 valence electrons. The van der Waals surface area contributed by atoms with Crippen LogP contribution in [0.2, 0.25) is 0 Å². The van der Waals surface area contributed by atoms with Crippen molar-refractivity contribution in [1.82, 2.24) is 4.57 Å². The van der Waals surface area contributed by atoms with E-state index in [1.807, 2.05) is 91.0 Å². The molecule has 0 aliphatic heterocycles. The average molecular weight is 778 g/mol. The minimum Gasteiger partial charge on any atom is -0.506 e. The summed E-state index contributed by atoms with van der Waals surface area (Å²) in [5.74, 6) is -1.32. The fraction of sp³-hybridized carbons (Fsp3) is 0.0556. The van der Waals surface area contributed by atoms with E-state index in [-0.39, 0.29) is 54.9 Å². The molecule has 0 aliphatic rings. The molecule has 6 rings (SSSR count). The first-order chi connectivity index (χ1) is 21.5. The topological polar surface area (TPSA) is 76.4 Å². The van der Waals surface area contributed by atoms with Crippen LogP contribution in [0.1, 0.15) is 21.5 Å². The molecule has 0 unspecified atom stereocenters. The number of fused-ring (bicyclic) bond motifs is 1. The molecule has 1 heterocycles. The summed E-state index contributed by atoms with van der Waals surface area (Å²) in [6.07, 6.45) is -4.52. The van der Waals surface area contributed by atoms with Crippen LogP contribution in [0.3, 0.4) is 0 Å². The molecule has 1 N–H and O–H groups in total. The van der Waals surface area contributed by atoms with Gasteiger partial charge in [0.05, 0.1) is 11.1 Å². The smallest absolute Gasteiger partial charge is 0.416 e. The van der Waals surface area contributed by atoms with Crippen molar-refractivity contribution in [2.24, 2.45) is 7.05 Å². The molecule has 0 bridgehead atoms. The van der Waals surface area contributed by atoms with E-state index >= 15 is 0 Å². The first-order valence-corrected chi connectivity index (χ1v) is 15.5. The Morgan fingerprint density at radius 1 is 0.674 bits per heavy atom. The first kappa shape index (κ1) is 35.2. The van der Waals surface area contributed by atoms with Crippen LogP contribution in [0.15, 0.2) is 144 Å². The van der Waals surface area contributed by atoms with E-state index in [2.05, 4.69) is 0 Å². The zero-order valence-electron chi connectivity index (χ0n) is 24.4. The van der Waals surface area contributed by atoms with E-state index in [1.54, 1.807) is 24.3 Å². The molecule has 46 heavy (non-hydrogen) atoms. The van der Waals surface area contributed by atoms with Crippen molar-refractivity contribution in [3.8, 4) is 5.75 Å². The quantitative estimate of drug-likeness (QED) is 0.154. The minimum absolute atomic E-state index is 0. The second-order valence-electron chi connectivity index (χ2n) is 10.1. The number of hydrogen-bond donors (Lipinski definition) is 1. The third kappa shape index (κ3) is 7.18. The van der Waals surface area contributed by atoms with Gasteiger partial charge in [-0.05, 0) is 24.3 Å². The van der Waals surface area contributed by atoms with E-state index in [1.165, 1.54) is 11.6 Å². The molecule has 5 nitrogen and oxygen atoms in total. The van der Waals surface area contributed by atoms with E-state index in [0.29, 0.717) is 10.9 Å². The molecule has 10 heteroatoms. The van der Waals surface area contributed by atoms with Crippen LogP contribution in [0.4, 0.5) is 13.2 Å². The number of carbonyl (C=O) groups is 1. The Kier molecular flexibility index (Phi) is 11.4. The number of nitrogens with zero attached hydrogens (tertiary/aromatic N) is 1. The Bertz CT molecular complexity index is 1960. The molecule has 5 aromatic carbocycles. The first-order valence-electron chi connectivity index (χ1n) is 13.8. The molecule has 0 saturated carbocycles. The third-order valence-corrected chi connectivity index (χ3v) is 10.4. The van der Waals surface area contributed by atoms with Crippen LogP contribution >= 0.6 is 7.14 Å². The van der Waals surface area contributed by atoms with Gasteiger partial charge >= 0.3 is 6.18 Å². The molecule has 0 saturated heterocycles. The van der Waals surface area contributed by atoms with Crippen molar-refractivity contribution in [2.45, 2.75) is 6.18 Å². The number of aromatic hydroxyl groups is 1. The van der Waals surface area contributed by atoms with E-state index < -0.39 is 41.5 Å². The zero-order chi connectivity index (χ0) is 32.2. The van der Waals surface area contributed by atoms with Crippen molar-refractivity contribution in [2.75, 3.05) is 0 Å². The van der Waals surface area contributed by atoms with Gasteiger partial charge < -0.3 is 14.2 Å². The summed E-state index contributed by atoms with van der Waals surface area (Å²) in [7, 11) is -1.32. The number of para-hydroxylation sites is 1. The number of pyridine rings is 1. The van der Waals surface area contributed by atoms with Gasteiger partial charge in [-0.2, -0.15) is 13.2 Å². The third-order valence-electron chi connectivity index (χ3n) is 7.34. The summed E-state index contributed by atoms with van der Waals surface area (Å²) < 4.78 is 52.9. The number of alkyl halides is 3. The normalized spacial score (nSPS) is 11.2. The molecular weight excluding hydrogens is 750 g/mol. The standard InChI is InChI=1S/C18H12F3NO3.C18H15OP.Eu/c1-22-13-5-3-2-4-12(13)16(24)14(17(22)25)15(23)10-6-8-11(9-7-10)18(19,20)21;19-20(16-10-4-1-5-11-16,17-12-6-2-7-13-17)18-14-8-3-9-15-18;/h2-9,24H,1H3;1-15H;. The predicted molar refractivity (Wildman–Crippen MR) is 172 cm³/mol. The number of aryl methyl sites for hydroxylation is 1. The number of aromatic nitrogens is 1. The van der Waals surface area contributed by atoms with Crippen molar-refractivity contribution in [3.05, 3.63) is 167 Å². The van der Waals surface area contributed by atoms with Gasteiger partial charge in [-0.1, -0.05) is 115 Å². The Hall–Kier alpha value is -3.62. The van der Waals surface area contributed by atoms with Gasteiger partial charge in [0.25, 0.3) is 5.56 Å². The number of hydrogen-bond acceptors (Lipinski definition) is 4. The van der Waals surface area contributed by atoms with Crippen LogP contribution in [-0.4, -0.2) is 15.5 Å². The van der Waals surface area contributed by atoms with Gasteiger partial charge in [0.15, 0.2) is 7.14 Å². The number of benzene rings is 5. The van der Waals surface area contributed by atoms with Gasteiger partial charge in [-0.15, -0.1) is 0 Å². The maximum absolute atomic E-state index is 13.8. The summed E-state index contributed by atoms with van der Waals surface area (Å²) in [5.41, 5.74) is -1.77. The van der Waals surface area contributed by atoms with E-state index in [0.717, 1.165) is 40.2 Å². The Morgan fingerprint density at radius 2 is 1.09 bits per heavy atom. The van der Waals surface area contributed by atoms with E-state index in [4.69, 9.17) is 0 Å². The van der Waals surface area contributed by atoms with Gasteiger partial charge in [0.1, 0.15) is 11.3 Å². The van der Waals surface area contributed by atoms with Crippen LogP contribution in [0.25, 0.3) is 10.9 Å². The molecule has 0 spiro atoms. The molecule has 0 atom stereocenters. The monoisotopic (exact) mass is 778 g/mol.